The maximum absolute atomic E-state index is 12.8. The van der Waals surface area contributed by atoms with Gasteiger partial charge in [-0.05, 0) is 64.3 Å². The monoisotopic (exact) mass is 484 g/mol. The minimum atomic E-state index is -0.790. The van der Waals surface area contributed by atoms with Crippen molar-refractivity contribution in [3.8, 4) is 0 Å². The SMILES string of the molecule is CC(C)C(NC(=O)c1ccco1)C(=O)Nc1cccc(C(=O)Nc2ccc(Br)cn2)c1. The highest BCUT2D eigenvalue weighted by Gasteiger charge is 2.25. The van der Waals surface area contributed by atoms with Crippen molar-refractivity contribution in [1.82, 2.24) is 10.3 Å². The maximum Gasteiger partial charge on any atom is 0.287 e. The average Bonchev–Trinajstić information content (AvgIpc) is 3.28. The van der Waals surface area contributed by atoms with Gasteiger partial charge in [-0.2, -0.15) is 0 Å². The molecule has 1 aromatic carbocycles. The zero-order valence-corrected chi connectivity index (χ0v) is 18.5. The summed E-state index contributed by atoms with van der Waals surface area (Å²) in [5.74, 6) is -0.885. The number of aromatic nitrogens is 1. The lowest BCUT2D eigenvalue weighted by atomic mass is 10.0. The number of anilines is 2. The molecule has 0 spiro atoms. The molecule has 0 saturated heterocycles. The molecule has 0 aliphatic carbocycles. The molecule has 8 nitrogen and oxygen atoms in total. The minimum Gasteiger partial charge on any atom is -0.459 e. The van der Waals surface area contributed by atoms with Gasteiger partial charge in [-0.25, -0.2) is 4.98 Å². The topological polar surface area (TPSA) is 113 Å². The molecule has 9 heteroatoms. The Morgan fingerprint density at radius 2 is 1.81 bits per heavy atom. The summed E-state index contributed by atoms with van der Waals surface area (Å²) in [6.45, 7) is 3.64. The normalized spacial score (nSPS) is 11.6. The molecule has 1 atom stereocenters. The number of pyridine rings is 1. The van der Waals surface area contributed by atoms with Crippen LogP contribution in [0.2, 0.25) is 0 Å². The summed E-state index contributed by atoms with van der Waals surface area (Å²) in [5.41, 5.74) is 0.780. The molecule has 0 bridgehead atoms. The summed E-state index contributed by atoms with van der Waals surface area (Å²) < 4.78 is 5.88. The fourth-order valence-corrected chi connectivity index (χ4v) is 2.99. The first-order valence-corrected chi connectivity index (χ1v) is 10.3. The van der Waals surface area contributed by atoms with Crippen LogP contribution >= 0.6 is 15.9 Å². The first kappa shape index (κ1) is 22.2. The Balaban J connectivity index is 1.68. The van der Waals surface area contributed by atoms with Gasteiger partial charge >= 0.3 is 0 Å². The molecule has 1 unspecified atom stereocenters. The first-order chi connectivity index (χ1) is 14.8. The summed E-state index contributed by atoms with van der Waals surface area (Å²) >= 11 is 3.29. The molecule has 0 fully saturated rings. The third-order valence-corrected chi connectivity index (χ3v) is 4.81. The standard InChI is InChI=1S/C22H21BrN4O4/c1-13(2)19(27-21(29)17-7-4-10-31-17)22(30)25-16-6-3-5-14(11-16)20(28)26-18-9-8-15(23)12-24-18/h3-13,19H,1-2H3,(H,25,30)(H,27,29)(H,24,26,28). The van der Waals surface area contributed by atoms with E-state index in [2.05, 4.69) is 36.9 Å². The van der Waals surface area contributed by atoms with Crippen molar-refractivity contribution in [3.63, 3.8) is 0 Å². The highest BCUT2D eigenvalue weighted by atomic mass is 79.9. The van der Waals surface area contributed by atoms with Crippen LogP contribution < -0.4 is 16.0 Å². The van der Waals surface area contributed by atoms with E-state index in [0.717, 1.165) is 4.47 Å². The van der Waals surface area contributed by atoms with Crippen LogP contribution in [0.4, 0.5) is 11.5 Å². The minimum absolute atomic E-state index is 0.124. The number of benzene rings is 1. The molecule has 2 heterocycles. The molecule has 160 valence electrons. The third kappa shape index (κ3) is 6.02. The molecule has 0 aliphatic heterocycles. The van der Waals surface area contributed by atoms with Crippen molar-refractivity contribution in [2.24, 2.45) is 5.92 Å². The Morgan fingerprint density at radius 1 is 1.00 bits per heavy atom. The zero-order valence-electron chi connectivity index (χ0n) is 16.9. The molecule has 0 radical (unpaired) electrons. The number of halogens is 1. The van der Waals surface area contributed by atoms with Crippen LogP contribution in [0.5, 0.6) is 0 Å². The molecule has 2 aromatic heterocycles. The predicted molar refractivity (Wildman–Crippen MR) is 120 cm³/mol. The molecule has 3 rings (SSSR count). The lowest BCUT2D eigenvalue weighted by Gasteiger charge is -2.21. The van der Waals surface area contributed by atoms with E-state index in [1.165, 1.54) is 12.3 Å². The van der Waals surface area contributed by atoms with E-state index in [9.17, 15) is 14.4 Å². The van der Waals surface area contributed by atoms with Crippen molar-refractivity contribution in [2.75, 3.05) is 10.6 Å². The van der Waals surface area contributed by atoms with Gasteiger partial charge in [0.25, 0.3) is 11.8 Å². The Labute approximate surface area is 187 Å². The Hall–Kier alpha value is -3.46. The van der Waals surface area contributed by atoms with E-state index in [1.54, 1.807) is 48.7 Å². The lowest BCUT2D eigenvalue weighted by Crippen LogP contribution is -2.47. The average molecular weight is 485 g/mol. The smallest absolute Gasteiger partial charge is 0.287 e. The fraction of sp³-hybridized carbons (Fsp3) is 0.182. The van der Waals surface area contributed by atoms with Gasteiger partial charge in [-0.3, -0.25) is 14.4 Å². The van der Waals surface area contributed by atoms with E-state index in [-0.39, 0.29) is 17.6 Å². The van der Waals surface area contributed by atoms with Crippen molar-refractivity contribution >= 4 is 45.2 Å². The molecule has 0 saturated carbocycles. The number of hydrogen-bond donors (Lipinski definition) is 3. The van der Waals surface area contributed by atoms with Crippen molar-refractivity contribution in [3.05, 3.63) is 76.8 Å². The van der Waals surface area contributed by atoms with Crippen molar-refractivity contribution in [2.45, 2.75) is 19.9 Å². The second-order valence-electron chi connectivity index (χ2n) is 7.06. The Morgan fingerprint density at radius 3 is 2.45 bits per heavy atom. The summed E-state index contributed by atoms with van der Waals surface area (Å²) in [5, 5.41) is 8.13. The highest BCUT2D eigenvalue weighted by Crippen LogP contribution is 2.16. The Kier molecular flexibility index (Phi) is 7.19. The molecule has 3 N–H and O–H groups in total. The summed E-state index contributed by atoms with van der Waals surface area (Å²) in [4.78, 5) is 41.7. The van der Waals surface area contributed by atoms with Crippen LogP contribution in [-0.2, 0) is 4.79 Å². The summed E-state index contributed by atoms with van der Waals surface area (Å²) in [6.07, 6.45) is 2.97. The zero-order chi connectivity index (χ0) is 22.4. The Bertz CT molecular complexity index is 1070. The second-order valence-corrected chi connectivity index (χ2v) is 7.97. The van der Waals surface area contributed by atoms with Crippen LogP contribution in [0.3, 0.4) is 0 Å². The quantitative estimate of drug-likeness (QED) is 0.467. The number of rotatable bonds is 7. The number of furan rings is 1. The van der Waals surface area contributed by atoms with Gasteiger partial charge in [0.1, 0.15) is 11.9 Å². The van der Waals surface area contributed by atoms with E-state index < -0.39 is 17.9 Å². The third-order valence-electron chi connectivity index (χ3n) is 4.34. The van der Waals surface area contributed by atoms with E-state index >= 15 is 0 Å². The molecular weight excluding hydrogens is 464 g/mol. The first-order valence-electron chi connectivity index (χ1n) is 9.51. The van der Waals surface area contributed by atoms with Crippen LogP contribution in [-0.4, -0.2) is 28.7 Å². The van der Waals surface area contributed by atoms with Gasteiger partial charge in [0.2, 0.25) is 5.91 Å². The lowest BCUT2D eigenvalue weighted by molar-refractivity contribution is -0.118. The van der Waals surface area contributed by atoms with Crippen LogP contribution in [0.25, 0.3) is 0 Å². The summed E-state index contributed by atoms with van der Waals surface area (Å²) in [6, 6.07) is 12.3. The van der Waals surface area contributed by atoms with Crippen LogP contribution in [0.15, 0.2) is 69.9 Å². The number of nitrogens with zero attached hydrogens (tertiary/aromatic N) is 1. The number of carbonyl (C=O) groups is 3. The van der Waals surface area contributed by atoms with Gasteiger partial charge in [0, 0.05) is 21.9 Å². The van der Waals surface area contributed by atoms with Gasteiger partial charge in [0.15, 0.2) is 5.76 Å². The molecule has 3 aromatic rings. The van der Waals surface area contributed by atoms with Crippen molar-refractivity contribution in [1.29, 1.82) is 0 Å². The van der Waals surface area contributed by atoms with Gasteiger partial charge in [0.05, 0.1) is 6.26 Å². The van der Waals surface area contributed by atoms with Crippen LogP contribution in [0.1, 0.15) is 34.8 Å². The largest absolute Gasteiger partial charge is 0.459 e. The van der Waals surface area contributed by atoms with Crippen molar-refractivity contribution < 1.29 is 18.8 Å². The molecule has 31 heavy (non-hydrogen) atoms. The molecule has 0 aliphatic rings. The van der Waals surface area contributed by atoms with Gasteiger partial charge in [-0.1, -0.05) is 19.9 Å². The number of hydrogen-bond acceptors (Lipinski definition) is 5. The fourth-order valence-electron chi connectivity index (χ4n) is 2.75. The molecule has 3 amide bonds. The predicted octanol–water partition coefficient (Wildman–Crippen LogP) is 4.08. The van der Waals surface area contributed by atoms with Gasteiger partial charge < -0.3 is 20.4 Å². The molecular formula is C22H21BrN4O4. The summed E-state index contributed by atoms with van der Waals surface area (Å²) in [7, 11) is 0. The van der Waals surface area contributed by atoms with E-state index in [0.29, 0.717) is 17.1 Å². The number of carbonyl (C=O) groups excluding carboxylic acids is 3. The van der Waals surface area contributed by atoms with E-state index in [4.69, 9.17) is 4.42 Å². The number of nitrogens with one attached hydrogen (secondary N) is 3. The van der Waals surface area contributed by atoms with E-state index in [1.807, 2.05) is 13.8 Å². The van der Waals surface area contributed by atoms with Gasteiger partial charge in [-0.15, -0.1) is 0 Å². The highest BCUT2D eigenvalue weighted by molar-refractivity contribution is 9.10. The number of amides is 3. The van der Waals surface area contributed by atoms with Crippen LogP contribution in [0, 0.1) is 5.92 Å². The second kappa shape index (κ2) is 10.0. The maximum atomic E-state index is 12.8.